The number of furan rings is 1. The second-order valence-corrected chi connectivity index (χ2v) is 9.40. The lowest BCUT2D eigenvalue weighted by molar-refractivity contribution is -0.127. The first-order valence-corrected chi connectivity index (χ1v) is 12.5. The Balaban J connectivity index is 1.49. The predicted octanol–water partition coefficient (Wildman–Crippen LogP) is 4.12. The van der Waals surface area contributed by atoms with Crippen molar-refractivity contribution in [1.29, 1.82) is 0 Å². The van der Waals surface area contributed by atoms with Crippen molar-refractivity contribution in [2.24, 2.45) is 0 Å². The fraction of sp³-hybridized carbons (Fsp3) is 0.308. The molecule has 4 aromatic rings. The van der Waals surface area contributed by atoms with Crippen LogP contribution in [0.4, 0.5) is 5.69 Å². The molecule has 2 amide bonds. The van der Waals surface area contributed by atoms with E-state index in [-0.39, 0.29) is 24.3 Å². The number of aryl methyl sites for hydroxylation is 1. The van der Waals surface area contributed by atoms with Crippen molar-refractivity contribution in [3.63, 3.8) is 0 Å². The van der Waals surface area contributed by atoms with E-state index in [1.54, 1.807) is 60.9 Å². The van der Waals surface area contributed by atoms with Crippen LogP contribution in [-0.4, -0.2) is 43.0 Å². The van der Waals surface area contributed by atoms with E-state index in [1.807, 2.05) is 6.92 Å². The van der Waals surface area contributed by atoms with Crippen LogP contribution in [0.1, 0.15) is 43.0 Å². The van der Waals surface area contributed by atoms with Gasteiger partial charge in [0.1, 0.15) is 18.3 Å². The molecule has 3 aromatic heterocycles. The van der Waals surface area contributed by atoms with Crippen LogP contribution in [0.15, 0.2) is 65.3 Å². The topological polar surface area (TPSA) is 119 Å². The minimum Gasteiger partial charge on any atom is -0.458 e. The van der Waals surface area contributed by atoms with Gasteiger partial charge in [0.15, 0.2) is 5.76 Å². The Hall–Kier alpha value is -4.05. The highest BCUT2D eigenvalue weighted by Gasteiger charge is 2.34. The minimum atomic E-state index is -0.937. The number of carbonyl (C=O) groups excluding carboxylic acids is 2. The average molecular weight is 520 g/mol. The van der Waals surface area contributed by atoms with Crippen molar-refractivity contribution in [3.8, 4) is 11.6 Å². The third kappa shape index (κ3) is 5.69. The molecule has 0 unspecified atom stereocenters. The maximum atomic E-state index is 13.8. The van der Waals surface area contributed by atoms with Crippen molar-refractivity contribution in [1.82, 2.24) is 30.5 Å². The van der Waals surface area contributed by atoms with E-state index in [1.165, 1.54) is 9.70 Å². The number of hydrogen-bond donors (Lipinski definition) is 1. The summed E-state index contributed by atoms with van der Waals surface area (Å²) in [7, 11) is 0. The SMILES string of the molecule is Cc1ccc(-c2nnn(CC(=O)N(c3ccc(Cl)cc3)[C@H](C(=O)NC3CCCC3)c3ccncc3)n2)o1. The van der Waals surface area contributed by atoms with E-state index in [9.17, 15) is 9.59 Å². The third-order valence-electron chi connectivity index (χ3n) is 6.29. The standard InChI is InChI=1S/C26H26ClN7O3/c1-17-6-11-22(37-17)25-30-32-33(31-25)16-23(35)34(21-9-7-19(27)8-10-21)24(18-12-14-28-15-13-18)26(36)29-20-4-2-3-5-20/h6-15,20,24H,2-5,16H2,1H3,(H,29,36)/t24-/m0/s1. The minimum absolute atomic E-state index is 0.0790. The van der Waals surface area contributed by atoms with E-state index in [4.69, 9.17) is 16.0 Å². The molecule has 5 rings (SSSR count). The highest BCUT2D eigenvalue weighted by Crippen LogP contribution is 2.30. The fourth-order valence-electron chi connectivity index (χ4n) is 4.51. The van der Waals surface area contributed by atoms with Gasteiger partial charge in [0.05, 0.1) is 0 Å². The molecule has 1 atom stereocenters. The number of pyridine rings is 1. The highest BCUT2D eigenvalue weighted by atomic mass is 35.5. The number of halogens is 1. The molecule has 0 radical (unpaired) electrons. The van der Waals surface area contributed by atoms with Gasteiger partial charge in [0, 0.05) is 29.1 Å². The number of nitrogens with one attached hydrogen (secondary N) is 1. The second kappa shape index (κ2) is 10.9. The van der Waals surface area contributed by atoms with Crippen LogP contribution < -0.4 is 10.2 Å². The zero-order chi connectivity index (χ0) is 25.8. The van der Waals surface area contributed by atoms with Gasteiger partial charge in [-0.3, -0.25) is 19.5 Å². The van der Waals surface area contributed by atoms with E-state index in [0.29, 0.717) is 27.8 Å². The van der Waals surface area contributed by atoms with Crippen LogP contribution in [0.5, 0.6) is 0 Å². The lowest BCUT2D eigenvalue weighted by atomic mass is 10.0. The molecule has 11 heteroatoms. The Kier molecular flexibility index (Phi) is 7.27. The van der Waals surface area contributed by atoms with Crippen molar-refractivity contribution in [2.45, 2.75) is 51.2 Å². The molecule has 0 bridgehead atoms. The van der Waals surface area contributed by atoms with Gasteiger partial charge < -0.3 is 9.73 Å². The third-order valence-corrected chi connectivity index (χ3v) is 6.55. The number of rotatable bonds is 8. The Morgan fingerprint density at radius 2 is 1.84 bits per heavy atom. The van der Waals surface area contributed by atoms with Gasteiger partial charge in [-0.25, -0.2) is 0 Å². The van der Waals surface area contributed by atoms with Crippen LogP contribution in [0, 0.1) is 6.92 Å². The fourth-order valence-corrected chi connectivity index (χ4v) is 4.64. The van der Waals surface area contributed by atoms with Gasteiger partial charge in [0.25, 0.3) is 5.91 Å². The predicted molar refractivity (Wildman–Crippen MR) is 137 cm³/mol. The number of anilines is 1. The number of aromatic nitrogens is 5. The first-order valence-electron chi connectivity index (χ1n) is 12.1. The lowest BCUT2D eigenvalue weighted by Gasteiger charge is -2.32. The summed E-state index contributed by atoms with van der Waals surface area (Å²) in [6, 6.07) is 12.9. The van der Waals surface area contributed by atoms with Crippen LogP contribution in [0.2, 0.25) is 5.02 Å². The maximum absolute atomic E-state index is 13.8. The van der Waals surface area contributed by atoms with Gasteiger partial charge in [-0.1, -0.05) is 24.4 Å². The first kappa shape index (κ1) is 24.6. The Labute approximate surface area is 218 Å². The van der Waals surface area contributed by atoms with Gasteiger partial charge in [-0.05, 0) is 79.1 Å². The van der Waals surface area contributed by atoms with Crippen molar-refractivity contribution >= 4 is 29.1 Å². The van der Waals surface area contributed by atoms with Crippen LogP contribution in [-0.2, 0) is 16.1 Å². The summed E-state index contributed by atoms with van der Waals surface area (Å²) in [6.45, 7) is 1.57. The van der Waals surface area contributed by atoms with Crippen LogP contribution in [0.25, 0.3) is 11.6 Å². The van der Waals surface area contributed by atoms with Gasteiger partial charge >= 0.3 is 0 Å². The summed E-state index contributed by atoms with van der Waals surface area (Å²) < 4.78 is 5.56. The molecular formula is C26H26ClN7O3. The van der Waals surface area contributed by atoms with Gasteiger partial charge in [0.2, 0.25) is 11.7 Å². The van der Waals surface area contributed by atoms with Crippen molar-refractivity contribution in [3.05, 3.63) is 77.3 Å². The number of benzene rings is 1. The van der Waals surface area contributed by atoms with Gasteiger partial charge in [-0.15, -0.1) is 10.2 Å². The Bertz CT molecular complexity index is 1360. The smallest absolute Gasteiger partial charge is 0.251 e. The molecule has 10 nitrogen and oxygen atoms in total. The number of carbonyl (C=O) groups is 2. The molecule has 0 aliphatic heterocycles. The summed E-state index contributed by atoms with van der Waals surface area (Å²) in [5.74, 6) is 0.773. The van der Waals surface area contributed by atoms with E-state index in [2.05, 4.69) is 25.7 Å². The van der Waals surface area contributed by atoms with Crippen molar-refractivity contribution < 1.29 is 14.0 Å². The normalized spacial score (nSPS) is 14.4. The van der Waals surface area contributed by atoms with Gasteiger partial charge in [-0.2, -0.15) is 4.80 Å². The molecular weight excluding hydrogens is 494 g/mol. The molecule has 3 heterocycles. The lowest BCUT2D eigenvalue weighted by Crippen LogP contribution is -2.47. The van der Waals surface area contributed by atoms with Crippen LogP contribution >= 0.6 is 11.6 Å². The monoisotopic (exact) mass is 519 g/mol. The summed E-state index contributed by atoms with van der Waals surface area (Å²) in [6.07, 6.45) is 7.18. The molecule has 1 aliphatic rings. The Morgan fingerprint density at radius 3 is 2.51 bits per heavy atom. The Morgan fingerprint density at radius 1 is 1.11 bits per heavy atom. The van der Waals surface area contributed by atoms with E-state index in [0.717, 1.165) is 25.7 Å². The molecule has 1 fully saturated rings. The summed E-state index contributed by atoms with van der Waals surface area (Å²) >= 11 is 6.13. The number of hydrogen-bond acceptors (Lipinski definition) is 7. The number of amides is 2. The number of nitrogens with zero attached hydrogens (tertiary/aromatic N) is 6. The second-order valence-electron chi connectivity index (χ2n) is 8.97. The van der Waals surface area contributed by atoms with Crippen LogP contribution in [0.3, 0.4) is 0 Å². The molecule has 0 saturated heterocycles. The summed E-state index contributed by atoms with van der Waals surface area (Å²) in [5, 5.41) is 16.0. The quantitative estimate of drug-likeness (QED) is 0.372. The zero-order valence-electron chi connectivity index (χ0n) is 20.2. The molecule has 1 aromatic carbocycles. The summed E-state index contributed by atoms with van der Waals surface area (Å²) in [5.41, 5.74) is 1.15. The first-order chi connectivity index (χ1) is 18.0. The molecule has 190 valence electrons. The van der Waals surface area contributed by atoms with E-state index < -0.39 is 11.9 Å². The van der Waals surface area contributed by atoms with E-state index >= 15 is 0 Å². The zero-order valence-corrected chi connectivity index (χ0v) is 21.0. The largest absolute Gasteiger partial charge is 0.458 e. The molecule has 1 saturated carbocycles. The summed E-state index contributed by atoms with van der Waals surface area (Å²) in [4.78, 5) is 34.3. The maximum Gasteiger partial charge on any atom is 0.251 e. The van der Waals surface area contributed by atoms with Crippen molar-refractivity contribution in [2.75, 3.05) is 4.90 Å². The average Bonchev–Trinajstić information content (AvgIpc) is 3.66. The number of tetrazole rings is 1. The molecule has 1 aliphatic carbocycles. The highest BCUT2D eigenvalue weighted by molar-refractivity contribution is 6.30. The molecule has 0 spiro atoms. The molecule has 37 heavy (non-hydrogen) atoms. The molecule has 1 N–H and O–H groups in total.